The van der Waals surface area contributed by atoms with Crippen molar-refractivity contribution in [3.05, 3.63) is 51.6 Å². The van der Waals surface area contributed by atoms with Crippen LogP contribution in [0.15, 0.2) is 28.7 Å². The molecule has 2 heterocycles. The summed E-state index contributed by atoms with van der Waals surface area (Å²) in [4.78, 5) is 17.7. The number of anilines is 2. The number of carbonyl (C=O) groups is 1. The van der Waals surface area contributed by atoms with Crippen molar-refractivity contribution in [1.82, 2.24) is 4.98 Å². The lowest BCUT2D eigenvalue weighted by atomic mass is 10.1. The zero-order chi connectivity index (χ0) is 23.3. The molecule has 168 valence electrons. The van der Waals surface area contributed by atoms with Crippen molar-refractivity contribution in [2.45, 2.75) is 25.6 Å². The van der Waals surface area contributed by atoms with Gasteiger partial charge in [0.15, 0.2) is 5.82 Å². The van der Waals surface area contributed by atoms with Gasteiger partial charge in [-0.2, -0.15) is 13.2 Å². The van der Waals surface area contributed by atoms with Crippen LogP contribution in [0.5, 0.6) is 0 Å². The molecule has 0 radical (unpaired) electrons. The first-order valence-corrected chi connectivity index (χ1v) is 11.1. The maximum absolute atomic E-state index is 14.4. The topological polar surface area (TPSA) is 70.6 Å². The molecule has 1 aliphatic rings. The van der Waals surface area contributed by atoms with Gasteiger partial charge in [-0.15, -0.1) is 0 Å². The first-order chi connectivity index (χ1) is 14.2. The van der Waals surface area contributed by atoms with E-state index in [2.05, 4.69) is 20.9 Å². The summed E-state index contributed by atoms with van der Waals surface area (Å²) in [6.45, 7) is 1.26. The third kappa shape index (κ3) is 4.38. The SMILES string of the molecule is Cc1cc(C(F)(F)F)cc(N2[C@H](C(=O)N(C)c3ccc(F)c(Br)c3F)CCS2(=O)=O)n1. The van der Waals surface area contributed by atoms with Gasteiger partial charge in [0.2, 0.25) is 10.0 Å². The molecule has 0 saturated carbocycles. The molecular weight excluding hydrogens is 513 g/mol. The molecule has 13 heteroatoms. The van der Waals surface area contributed by atoms with E-state index in [1.54, 1.807) is 0 Å². The molecule has 3 rings (SSSR count). The average Bonchev–Trinajstić information content (AvgIpc) is 2.99. The molecule has 1 amide bonds. The summed E-state index contributed by atoms with van der Waals surface area (Å²) in [5.41, 5.74) is -1.55. The quantitative estimate of drug-likeness (QED) is 0.446. The highest BCUT2D eigenvalue weighted by Crippen LogP contribution is 2.36. The van der Waals surface area contributed by atoms with Crippen LogP contribution in [0.2, 0.25) is 0 Å². The Labute approximate surface area is 182 Å². The Morgan fingerprint density at radius 2 is 1.90 bits per heavy atom. The van der Waals surface area contributed by atoms with Crippen LogP contribution in [-0.2, 0) is 21.0 Å². The van der Waals surface area contributed by atoms with E-state index in [-0.39, 0.29) is 17.8 Å². The average molecular weight is 528 g/mol. The van der Waals surface area contributed by atoms with Gasteiger partial charge in [-0.3, -0.25) is 4.79 Å². The van der Waals surface area contributed by atoms with Crippen LogP contribution < -0.4 is 9.21 Å². The van der Waals surface area contributed by atoms with E-state index >= 15 is 0 Å². The van der Waals surface area contributed by atoms with Crippen LogP contribution in [0.25, 0.3) is 0 Å². The second-order valence-corrected chi connectivity index (χ2v) is 9.62. The molecule has 0 bridgehead atoms. The summed E-state index contributed by atoms with van der Waals surface area (Å²) in [6, 6.07) is 1.75. The zero-order valence-corrected chi connectivity index (χ0v) is 18.4. The molecule has 6 nitrogen and oxygen atoms in total. The maximum atomic E-state index is 14.4. The number of likely N-dealkylation sites (N-methyl/N-ethyl adjacent to an activating group) is 1. The van der Waals surface area contributed by atoms with Crippen molar-refractivity contribution in [3.63, 3.8) is 0 Å². The summed E-state index contributed by atoms with van der Waals surface area (Å²) in [6.07, 6.45) is -5.00. The first-order valence-electron chi connectivity index (χ1n) is 8.73. The minimum Gasteiger partial charge on any atom is -0.311 e. The van der Waals surface area contributed by atoms with Gasteiger partial charge in [-0.1, -0.05) is 0 Å². The molecule has 0 aliphatic carbocycles. The van der Waals surface area contributed by atoms with Gasteiger partial charge in [0.1, 0.15) is 17.7 Å². The summed E-state index contributed by atoms with van der Waals surface area (Å²) in [7, 11) is -3.01. The molecule has 0 spiro atoms. The number of hydrogen-bond donors (Lipinski definition) is 0. The van der Waals surface area contributed by atoms with Crippen molar-refractivity contribution in [1.29, 1.82) is 0 Å². The summed E-state index contributed by atoms with van der Waals surface area (Å²) in [5, 5.41) is 0. The van der Waals surface area contributed by atoms with Gasteiger partial charge in [0.25, 0.3) is 5.91 Å². The lowest BCUT2D eigenvalue weighted by Gasteiger charge is -2.28. The summed E-state index contributed by atoms with van der Waals surface area (Å²) in [5.74, 6) is -3.97. The fourth-order valence-corrected chi connectivity index (χ4v) is 5.26. The highest BCUT2D eigenvalue weighted by atomic mass is 79.9. The van der Waals surface area contributed by atoms with Crippen LogP contribution in [0.4, 0.5) is 33.5 Å². The van der Waals surface area contributed by atoms with Crippen molar-refractivity contribution in [3.8, 4) is 0 Å². The van der Waals surface area contributed by atoms with Crippen molar-refractivity contribution >= 4 is 43.4 Å². The minimum absolute atomic E-state index is 0.0972. The predicted molar refractivity (Wildman–Crippen MR) is 106 cm³/mol. The number of rotatable bonds is 3. The monoisotopic (exact) mass is 527 g/mol. The number of aryl methyl sites for hydroxylation is 1. The minimum atomic E-state index is -4.76. The van der Waals surface area contributed by atoms with Crippen molar-refractivity contribution in [2.24, 2.45) is 0 Å². The number of nitrogens with zero attached hydrogens (tertiary/aromatic N) is 3. The Kier molecular flexibility index (Phi) is 6.04. The van der Waals surface area contributed by atoms with E-state index in [1.165, 1.54) is 6.92 Å². The Morgan fingerprint density at radius 1 is 1.26 bits per heavy atom. The lowest BCUT2D eigenvalue weighted by Crippen LogP contribution is -2.46. The molecule has 0 unspecified atom stereocenters. The van der Waals surface area contributed by atoms with Gasteiger partial charge >= 0.3 is 6.18 Å². The summed E-state index contributed by atoms with van der Waals surface area (Å²) < 4.78 is 92.7. The Balaban J connectivity index is 2.05. The fraction of sp³-hybridized carbons (Fsp3) is 0.333. The first kappa shape index (κ1) is 23.4. The molecule has 1 aromatic heterocycles. The highest BCUT2D eigenvalue weighted by Gasteiger charge is 2.45. The van der Waals surface area contributed by atoms with Crippen LogP contribution in [0, 0.1) is 18.6 Å². The van der Waals surface area contributed by atoms with Gasteiger partial charge in [0, 0.05) is 12.7 Å². The standard InChI is InChI=1S/C18H15BrF5N3O3S/c1-9-7-10(18(22,23)24)8-14(25-9)27-13(5-6-31(27,29)30)17(28)26(2)12-4-3-11(20)15(19)16(12)21/h3-4,7-8,13H,5-6H2,1-2H3/t13-/m0/s1. The van der Waals surface area contributed by atoms with Gasteiger partial charge < -0.3 is 4.90 Å². The molecular formula is C18H15BrF5N3O3S. The third-order valence-electron chi connectivity index (χ3n) is 4.72. The Bertz CT molecular complexity index is 1160. The number of halogens is 6. The highest BCUT2D eigenvalue weighted by molar-refractivity contribution is 9.10. The smallest absolute Gasteiger partial charge is 0.311 e. The van der Waals surface area contributed by atoms with Crippen molar-refractivity contribution < 1.29 is 35.2 Å². The van der Waals surface area contributed by atoms with Crippen LogP contribution in [0.3, 0.4) is 0 Å². The normalized spacial score (nSPS) is 18.3. The largest absolute Gasteiger partial charge is 0.416 e. The molecule has 1 atom stereocenters. The molecule has 0 N–H and O–H groups in total. The number of carbonyl (C=O) groups excluding carboxylic acids is 1. The van der Waals surface area contributed by atoms with Gasteiger partial charge in [0.05, 0.1) is 21.5 Å². The second-order valence-electron chi connectivity index (χ2n) is 6.86. The number of aromatic nitrogens is 1. The van der Waals surface area contributed by atoms with E-state index < -0.39 is 61.4 Å². The molecule has 1 aliphatic heterocycles. The van der Waals surface area contributed by atoms with Gasteiger partial charge in [-0.05, 0) is 53.5 Å². The number of hydrogen-bond acceptors (Lipinski definition) is 4. The molecule has 1 saturated heterocycles. The molecule has 1 fully saturated rings. The Morgan fingerprint density at radius 3 is 2.52 bits per heavy atom. The van der Waals surface area contributed by atoms with E-state index in [9.17, 15) is 35.2 Å². The molecule has 2 aromatic rings. The molecule has 31 heavy (non-hydrogen) atoms. The van der Waals surface area contributed by atoms with Crippen LogP contribution >= 0.6 is 15.9 Å². The number of sulfonamides is 1. The number of amides is 1. The van der Waals surface area contributed by atoms with E-state index in [0.717, 1.165) is 30.1 Å². The third-order valence-corrected chi connectivity index (χ3v) is 7.24. The van der Waals surface area contributed by atoms with E-state index in [0.29, 0.717) is 10.4 Å². The van der Waals surface area contributed by atoms with E-state index in [4.69, 9.17) is 0 Å². The fourth-order valence-electron chi connectivity index (χ4n) is 3.24. The predicted octanol–water partition coefficient (Wildman–Crippen LogP) is 4.02. The number of alkyl halides is 3. The van der Waals surface area contributed by atoms with Crippen molar-refractivity contribution in [2.75, 3.05) is 22.0 Å². The Hall–Kier alpha value is -2.28. The second kappa shape index (κ2) is 8.01. The van der Waals surface area contributed by atoms with Gasteiger partial charge in [-0.25, -0.2) is 26.5 Å². The molecule has 1 aromatic carbocycles. The van der Waals surface area contributed by atoms with Crippen LogP contribution in [-0.4, -0.2) is 38.2 Å². The number of pyridine rings is 1. The lowest BCUT2D eigenvalue weighted by molar-refractivity contribution is -0.137. The summed E-state index contributed by atoms with van der Waals surface area (Å²) >= 11 is 2.72. The number of benzene rings is 1. The van der Waals surface area contributed by atoms with Crippen LogP contribution in [0.1, 0.15) is 17.7 Å². The maximum Gasteiger partial charge on any atom is 0.416 e. The zero-order valence-electron chi connectivity index (χ0n) is 16.0. The van der Waals surface area contributed by atoms with E-state index in [1.807, 2.05) is 0 Å².